The zero-order chi connectivity index (χ0) is 20.6. The normalized spacial score (nSPS) is 25.0. The average Bonchev–Trinajstić information content (AvgIpc) is 3.14. The number of amidine groups is 1. The molecule has 2 aromatic carbocycles. The Morgan fingerprint density at radius 1 is 1.17 bits per heavy atom. The Hall–Kier alpha value is -2.39. The summed E-state index contributed by atoms with van der Waals surface area (Å²) in [5.74, 6) is -0.576. The first kappa shape index (κ1) is 19.9. The minimum atomic E-state index is -3.22. The number of fused-ring (bicyclic) bond motifs is 1. The number of sulfone groups is 1. The third-order valence-corrected chi connectivity index (χ3v) is 8.00. The van der Waals surface area contributed by atoms with E-state index in [4.69, 9.17) is 4.74 Å². The molecule has 2 fully saturated rings. The lowest BCUT2D eigenvalue weighted by Gasteiger charge is -2.25. The van der Waals surface area contributed by atoms with Gasteiger partial charge in [-0.1, -0.05) is 42.1 Å². The molecule has 6 nitrogen and oxygen atoms in total. The van der Waals surface area contributed by atoms with Crippen LogP contribution in [0.15, 0.2) is 59.6 Å². The van der Waals surface area contributed by atoms with E-state index in [2.05, 4.69) is 4.99 Å². The number of thioether (sulfide) groups is 1. The first-order valence-electron chi connectivity index (χ1n) is 9.09. The molecular weight excluding hydrogens is 415 g/mol. The quantitative estimate of drug-likeness (QED) is 0.737. The molecule has 0 spiro atoms. The summed E-state index contributed by atoms with van der Waals surface area (Å²) in [6, 6.07) is 14.5. The number of carbonyl (C=O) groups is 1. The van der Waals surface area contributed by atoms with Gasteiger partial charge in [0.25, 0.3) is 5.91 Å². The highest BCUT2D eigenvalue weighted by Gasteiger charge is 2.50. The van der Waals surface area contributed by atoms with Crippen LogP contribution in [0.25, 0.3) is 0 Å². The fraction of sp³-hybridized carbons (Fsp3) is 0.300. The van der Waals surface area contributed by atoms with Gasteiger partial charge in [-0.2, -0.15) is 4.99 Å². The van der Waals surface area contributed by atoms with E-state index < -0.39 is 33.7 Å². The molecule has 2 aromatic rings. The Bertz CT molecular complexity index is 1060. The monoisotopic (exact) mass is 434 g/mol. The molecule has 29 heavy (non-hydrogen) atoms. The first-order valence-corrected chi connectivity index (χ1v) is 11.8. The first-order chi connectivity index (χ1) is 13.8. The largest absolute Gasteiger partial charge is 0.481 e. The number of amides is 1. The van der Waals surface area contributed by atoms with Gasteiger partial charge in [0.15, 0.2) is 21.1 Å². The third kappa shape index (κ3) is 4.16. The van der Waals surface area contributed by atoms with Gasteiger partial charge in [-0.15, -0.1) is 0 Å². The molecule has 2 saturated heterocycles. The summed E-state index contributed by atoms with van der Waals surface area (Å²) in [6.45, 7) is 1.59. The summed E-state index contributed by atoms with van der Waals surface area (Å²) in [5, 5.41) is 0.00464. The summed E-state index contributed by atoms with van der Waals surface area (Å²) in [5.41, 5.74) is 0.216. The van der Waals surface area contributed by atoms with Crippen LogP contribution in [0.2, 0.25) is 0 Å². The van der Waals surface area contributed by atoms with Crippen molar-refractivity contribution < 1.29 is 22.3 Å². The summed E-state index contributed by atoms with van der Waals surface area (Å²) < 4.78 is 44.3. The molecule has 9 heteroatoms. The van der Waals surface area contributed by atoms with Crippen LogP contribution in [0.4, 0.5) is 10.1 Å². The van der Waals surface area contributed by atoms with Crippen molar-refractivity contribution in [2.24, 2.45) is 4.99 Å². The molecule has 0 N–H and O–H groups in total. The van der Waals surface area contributed by atoms with Crippen molar-refractivity contribution in [3.63, 3.8) is 0 Å². The average molecular weight is 435 g/mol. The lowest BCUT2D eigenvalue weighted by atomic mass is 10.2. The van der Waals surface area contributed by atoms with E-state index in [1.165, 1.54) is 17.8 Å². The van der Waals surface area contributed by atoms with Crippen molar-refractivity contribution in [3.05, 3.63) is 60.4 Å². The summed E-state index contributed by atoms with van der Waals surface area (Å²) in [7, 11) is -3.22. The second kappa shape index (κ2) is 7.79. The van der Waals surface area contributed by atoms with Gasteiger partial charge in [0.2, 0.25) is 0 Å². The molecule has 0 aliphatic carbocycles. The van der Waals surface area contributed by atoms with Crippen molar-refractivity contribution in [1.29, 1.82) is 0 Å². The van der Waals surface area contributed by atoms with Crippen LogP contribution in [0.3, 0.4) is 0 Å². The second-order valence-corrected chi connectivity index (χ2v) is 10.3. The fourth-order valence-corrected chi connectivity index (χ4v) is 7.34. The van der Waals surface area contributed by atoms with E-state index in [0.29, 0.717) is 10.9 Å². The minimum Gasteiger partial charge on any atom is -0.481 e. The molecule has 2 heterocycles. The Balaban J connectivity index is 1.63. The Kier molecular flexibility index (Phi) is 5.35. The van der Waals surface area contributed by atoms with E-state index in [1.807, 2.05) is 6.07 Å². The van der Waals surface area contributed by atoms with Crippen molar-refractivity contribution in [1.82, 2.24) is 0 Å². The number of aliphatic imine (C=N–C) groups is 1. The van der Waals surface area contributed by atoms with Crippen LogP contribution in [0, 0.1) is 5.82 Å². The highest BCUT2D eigenvalue weighted by molar-refractivity contribution is 8.16. The highest BCUT2D eigenvalue weighted by atomic mass is 32.2. The molecule has 0 aromatic heterocycles. The van der Waals surface area contributed by atoms with E-state index in [0.717, 1.165) is 0 Å². The molecular formula is C20H19FN2O4S2. The Morgan fingerprint density at radius 2 is 1.86 bits per heavy atom. The maximum Gasteiger partial charge on any atom is 0.288 e. The van der Waals surface area contributed by atoms with Gasteiger partial charge in [0.1, 0.15) is 11.6 Å². The van der Waals surface area contributed by atoms with Crippen molar-refractivity contribution in [3.8, 4) is 5.75 Å². The zero-order valence-electron chi connectivity index (χ0n) is 15.6. The number of hydrogen-bond donors (Lipinski definition) is 0. The molecule has 2 aliphatic heterocycles. The van der Waals surface area contributed by atoms with Gasteiger partial charge in [0, 0.05) is 5.25 Å². The van der Waals surface area contributed by atoms with Crippen molar-refractivity contribution in [2.75, 3.05) is 16.4 Å². The van der Waals surface area contributed by atoms with E-state index >= 15 is 0 Å². The number of hydrogen-bond acceptors (Lipinski definition) is 5. The molecule has 0 saturated carbocycles. The number of halogens is 1. The van der Waals surface area contributed by atoms with Gasteiger partial charge in [-0.25, -0.2) is 12.8 Å². The summed E-state index contributed by atoms with van der Waals surface area (Å²) >= 11 is 1.20. The molecule has 0 bridgehead atoms. The SMILES string of the molecule is C[C@H](Oc1ccccc1)C(=O)N=C1S[C@H]2CS(=O)(=O)C[C@H]2N1c1ccccc1F. The summed E-state index contributed by atoms with van der Waals surface area (Å²) in [4.78, 5) is 18.4. The summed E-state index contributed by atoms with van der Waals surface area (Å²) in [6.07, 6.45) is -0.836. The van der Waals surface area contributed by atoms with Gasteiger partial charge < -0.3 is 9.64 Å². The topological polar surface area (TPSA) is 76.0 Å². The van der Waals surface area contributed by atoms with E-state index in [1.54, 1.807) is 54.3 Å². The highest BCUT2D eigenvalue weighted by Crippen LogP contribution is 2.41. The molecule has 1 amide bonds. The Morgan fingerprint density at radius 3 is 2.59 bits per heavy atom. The standard InChI is InChI=1S/C20H19FN2O4S2/c1-13(27-14-7-3-2-4-8-14)19(24)22-20-23(16-10-6-5-9-15(16)21)17-11-29(25,26)12-18(17)28-20/h2-10,13,17-18H,11-12H2,1H3/t13-,17+,18-/m0/s1. The van der Waals surface area contributed by atoms with Crippen LogP contribution in [0.1, 0.15) is 6.92 Å². The molecule has 3 atom stereocenters. The van der Waals surface area contributed by atoms with Crippen LogP contribution >= 0.6 is 11.8 Å². The minimum absolute atomic E-state index is 0.0173. The number of benzene rings is 2. The molecule has 0 unspecified atom stereocenters. The fourth-order valence-electron chi connectivity index (χ4n) is 3.43. The predicted octanol–water partition coefficient (Wildman–Crippen LogP) is 2.89. The molecule has 2 aliphatic rings. The lowest BCUT2D eigenvalue weighted by molar-refractivity contribution is -0.123. The number of para-hydroxylation sites is 2. The molecule has 152 valence electrons. The Labute approximate surface area is 172 Å². The lowest BCUT2D eigenvalue weighted by Crippen LogP contribution is -2.38. The van der Waals surface area contributed by atoms with Gasteiger partial charge >= 0.3 is 0 Å². The number of anilines is 1. The second-order valence-electron chi connectivity index (χ2n) is 6.93. The van der Waals surface area contributed by atoms with Crippen LogP contribution < -0.4 is 9.64 Å². The van der Waals surface area contributed by atoms with Gasteiger partial charge in [-0.05, 0) is 31.2 Å². The van der Waals surface area contributed by atoms with E-state index in [9.17, 15) is 17.6 Å². The van der Waals surface area contributed by atoms with E-state index in [-0.39, 0.29) is 22.4 Å². The van der Waals surface area contributed by atoms with Crippen molar-refractivity contribution in [2.45, 2.75) is 24.3 Å². The number of nitrogens with zero attached hydrogens (tertiary/aromatic N) is 2. The van der Waals surface area contributed by atoms with Gasteiger partial charge in [-0.3, -0.25) is 4.79 Å². The van der Waals surface area contributed by atoms with Crippen molar-refractivity contribution >= 4 is 38.4 Å². The predicted molar refractivity (Wildman–Crippen MR) is 112 cm³/mol. The zero-order valence-corrected chi connectivity index (χ0v) is 17.2. The smallest absolute Gasteiger partial charge is 0.288 e. The van der Waals surface area contributed by atoms with Gasteiger partial charge in [0.05, 0.1) is 23.2 Å². The third-order valence-electron chi connectivity index (χ3n) is 4.79. The number of rotatable bonds is 4. The molecule has 4 rings (SSSR count). The maximum absolute atomic E-state index is 14.5. The maximum atomic E-state index is 14.5. The van der Waals surface area contributed by atoms with Crippen LogP contribution in [-0.2, 0) is 14.6 Å². The number of carbonyl (C=O) groups excluding carboxylic acids is 1. The number of ether oxygens (including phenoxy) is 1. The van der Waals surface area contributed by atoms with Crippen LogP contribution in [-0.4, -0.2) is 48.4 Å². The van der Waals surface area contributed by atoms with Crippen LogP contribution in [0.5, 0.6) is 5.75 Å². The molecule has 0 radical (unpaired) electrons.